The van der Waals surface area contributed by atoms with E-state index in [-0.39, 0.29) is 0 Å². The van der Waals surface area contributed by atoms with Gasteiger partial charge in [-0.3, -0.25) is 4.57 Å². The molecule has 3 heterocycles. The average Bonchev–Trinajstić information content (AvgIpc) is 3.18. The molecular weight excluding hydrogens is 460 g/mol. The number of nitrogens with zero attached hydrogens (tertiary/aromatic N) is 4. The summed E-state index contributed by atoms with van der Waals surface area (Å²) in [4.78, 5) is 14.6. The summed E-state index contributed by atoms with van der Waals surface area (Å²) < 4.78 is 3.13. The maximum Gasteiger partial charge on any atom is 0.162 e. The summed E-state index contributed by atoms with van der Waals surface area (Å²) in [6.07, 6.45) is 1.82. The highest BCUT2D eigenvalue weighted by molar-refractivity contribution is 9.10. The van der Waals surface area contributed by atoms with Gasteiger partial charge in [0, 0.05) is 38.6 Å². The first-order chi connectivity index (χ1) is 15.8. The number of halogens is 1. The predicted octanol–water partition coefficient (Wildman–Crippen LogP) is 7.07. The minimum Gasteiger partial charge on any atom is -0.278 e. The molecule has 3 aromatic heterocycles. The van der Waals surface area contributed by atoms with Crippen molar-refractivity contribution in [3.05, 3.63) is 108 Å². The van der Waals surface area contributed by atoms with Gasteiger partial charge in [0.15, 0.2) is 5.82 Å². The molecular formula is C27H17BrN4. The molecule has 0 atom stereocenters. The molecule has 32 heavy (non-hydrogen) atoms. The van der Waals surface area contributed by atoms with Crippen molar-refractivity contribution in [2.75, 3.05) is 0 Å². The highest BCUT2D eigenvalue weighted by Crippen LogP contribution is 2.33. The maximum atomic E-state index is 5.00. The minimum atomic E-state index is 0.683. The van der Waals surface area contributed by atoms with Crippen LogP contribution in [0.5, 0.6) is 0 Å². The molecule has 0 aliphatic heterocycles. The van der Waals surface area contributed by atoms with Crippen molar-refractivity contribution in [2.24, 2.45) is 0 Å². The Hall–Kier alpha value is -3.83. The van der Waals surface area contributed by atoms with Crippen LogP contribution in [-0.2, 0) is 0 Å². The van der Waals surface area contributed by atoms with Gasteiger partial charge in [-0.1, -0.05) is 82.7 Å². The van der Waals surface area contributed by atoms with Crippen LogP contribution < -0.4 is 0 Å². The van der Waals surface area contributed by atoms with Gasteiger partial charge in [0.2, 0.25) is 0 Å². The lowest BCUT2D eigenvalue weighted by atomic mass is 10.1. The Bertz CT molecular complexity index is 1520. The van der Waals surface area contributed by atoms with Gasteiger partial charge in [-0.05, 0) is 24.3 Å². The van der Waals surface area contributed by atoms with Crippen LogP contribution in [0.2, 0.25) is 0 Å². The molecule has 6 rings (SSSR count). The van der Waals surface area contributed by atoms with Gasteiger partial charge in [0.05, 0.1) is 11.2 Å². The molecule has 0 spiro atoms. The summed E-state index contributed by atoms with van der Waals surface area (Å²) in [5.74, 6) is 1.47. The van der Waals surface area contributed by atoms with Crippen LogP contribution in [0.3, 0.4) is 0 Å². The highest BCUT2D eigenvalue weighted by atomic mass is 79.9. The molecule has 0 radical (unpaired) electrons. The molecule has 5 heteroatoms. The molecule has 0 saturated heterocycles. The topological polar surface area (TPSA) is 43.6 Å². The monoisotopic (exact) mass is 476 g/mol. The fraction of sp³-hybridized carbons (Fsp3) is 0. The van der Waals surface area contributed by atoms with Crippen molar-refractivity contribution < 1.29 is 0 Å². The third-order valence-corrected chi connectivity index (χ3v) is 6.03. The Morgan fingerprint density at radius 3 is 2.19 bits per heavy atom. The highest BCUT2D eigenvalue weighted by Gasteiger charge is 2.17. The SMILES string of the molecule is Brc1ccc2c3cccnc3n(-c3cc(-c4ccccc4)nc(-c4ccccc4)n3)c2c1. The normalized spacial score (nSPS) is 11.3. The second-order valence-electron chi connectivity index (χ2n) is 7.54. The number of benzene rings is 3. The lowest BCUT2D eigenvalue weighted by Crippen LogP contribution is -2.03. The standard InChI is InChI=1S/C27H17BrN4/c28-20-13-14-21-22-12-7-15-29-27(22)32(24(21)16-20)25-17-23(18-8-3-1-4-9-18)30-26(31-25)19-10-5-2-6-11-19/h1-17H. The van der Waals surface area contributed by atoms with E-state index in [0.29, 0.717) is 5.82 Å². The van der Waals surface area contributed by atoms with Gasteiger partial charge in [0.1, 0.15) is 11.5 Å². The first-order valence-corrected chi connectivity index (χ1v) is 11.1. The zero-order chi connectivity index (χ0) is 21.5. The van der Waals surface area contributed by atoms with Crippen LogP contribution in [0, 0.1) is 0 Å². The van der Waals surface area contributed by atoms with Gasteiger partial charge in [-0.25, -0.2) is 15.0 Å². The van der Waals surface area contributed by atoms with E-state index in [1.54, 1.807) is 0 Å². The Labute approximate surface area is 193 Å². The van der Waals surface area contributed by atoms with Crippen LogP contribution in [0.15, 0.2) is 108 Å². The zero-order valence-corrected chi connectivity index (χ0v) is 18.6. The van der Waals surface area contributed by atoms with Gasteiger partial charge >= 0.3 is 0 Å². The van der Waals surface area contributed by atoms with E-state index in [9.17, 15) is 0 Å². The van der Waals surface area contributed by atoms with Gasteiger partial charge in [0.25, 0.3) is 0 Å². The van der Waals surface area contributed by atoms with Gasteiger partial charge in [-0.15, -0.1) is 0 Å². The van der Waals surface area contributed by atoms with Crippen molar-refractivity contribution in [1.29, 1.82) is 0 Å². The third-order valence-electron chi connectivity index (χ3n) is 5.53. The zero-order valence-electron chi connectivity index (χ0n) is 17.0. The number of pyridine rings is 1. The van der Waals surface area contributed by atoms with E-state index >= 15 is 0 Å². The minimum absolute atomic E-state index is 0.683. The molecule has 6 aromatic rings. The van der Waals surface area contributed by atoms with Crippen molar-refractivity contribution in [3.63, 3.8) is 0 Å². The van der Waals surface area contributed by atoms with Gasteiger partial charge < -0.3 is 0 Å². The molecule has 0 bridgehead atoms. The molecule has 0 fully saturated rings. The first-order valence-electron chi connectivity index (χ1n) is 10.3. The summed E-state index contributed by atoms with van der Waals surface area (Å²) in [5, 5.41) is 2.23. The van der Waals surface area contributed by atoms with Crippen LogP contribution in [0.25, 0.3) is 50.4 Å². The van der Waals surface area contributed by atoms with Crippen molar-refractivity contribution in [1.82, 2.24) is 19.5 Å². The van der Waals surface area contributed by atoms with Crippen LogP contribution in [-0.4, -0.2) is 19.5 Å². The predicted molar refractivity (Wildman–Crippen MR) is 133 cm³/mol. The fourth-order valence-electron chi connectivity index (χ4n) is 4.07. The van der Waals surface area contributed by atoms with E-state index in [2.05, 4.69) is 56.9 Å². The molecule has 3 aromatic carbocycles. The number of rotatable bonds is 3. The van der Waals surface area contributed by atoms with E-state index in [4.69, 9.17) is 15.0 Å². The van der Waals surface area contributed by atoms with E-state index in [1.807, 2.05) is 66.9 Å². The van der Waals surface area contributed by atoms with Crippen molar-refractivity contribution >= 4 is 37.9 Å². The Balaban J connectivity index is 1.70. The fourth-order valence-corrected chi connectivity index (χ4v) is 4.42. The van der Waals surface area contributed by atoms with Gasteiger partial charge in [-0.2, -0.15) is 0 Å². The van der Waals surface area contributed by atoms with Crippen LogP contribution >= 0.6 is 15.9 Å². The lowest BCUT2D eigenvalue weighted by Gasteiger charge is -2.11. The number of aromatic nitrogens is 4. The molecule has 152 valence electrons. The second-order valence-corrected chi connectivity index (χ2v) is 8.45. The molecule has 0 aliphatic rings. The van der Waals surface area contributed by atoms with Crippen LogP contribution in [0.4, 0.5) is 0 Å². The summed E-state index contributed by atoms with van der Waals surface area (Å²) >= 11 is 3.63. The van der Waals surface area contributed by atoms with Crippen molar-refractivity contribution in [3.8, 4) is 28.5 Å². The number of hydrogen-bond donors (Lipinski definition) is 0. The Morgan fingerprint density at radius 1 is 0.656 bits per heavy atom. The van der Waals surface area contributed by atoms with E-state index in [1.165, 1.54) is 0 Å². The molecule has 0 saturated carbocycles. The molecule has 0 amide bonds. The Kier molecular flexibility index (Phi) is 4.55. The van der Waals surface area contributed by atoms with Crippen molar-refractivity contribution in [2.45, 2.75) is 0 Å². The van der Waals surface area contributed by atoms with Crippen LogP contribution in [0.1, 0.15) is 0 Å². The second kappa shape index (κ2) is 7.70. The smallest absolute Gasteiger partial charge is 0.162 e. The number of hydrogen-bond acceptors (Lipinski definition) is 3. The maximum absolute atomic E-state index is 5.00. The summed E-state index contributed by atoms with van der Waals surface area (Å²) in [5.41, 5.74) is 4.81. The molecule has 0 unspecified atom stereocenters. The Morgan fingerprint density at radius 2 is 1.41 bits per heavy atom. The summed E-state index contributed by atoms with van der Waals surface area (Å²) in [7, 11) is 0. The summed E-state index contributed by atoms with van der Waals surface area (Å²) in [6.45, 7) is 0. The number of fused-ring (bicyclic) bond motifs is 3. The summed E-state index contributed by atoms with van der Waals surface area (Å²) in [6, 6.07) is 32.7. The first kappa shape index (κ1) is 18.9. The lowest BCUT2D eigenvalue weighted by molar-refractivity contribution is 1.03. The molecule has 4 nitrogen and oxygen atoms in total. The quantitative estimate of drug-likeness (QED) is 0.274. The average molecular weight is 477 g/mol. The molecule has 0 aliphatic carbocycles. The third kappa shape index (κ3) is 3.18. The van der Waals surface area contributed by atoms with E-state index in [0.717, 1.165) is 49.0 Å². The largest absolute Gasteiger partial charge is 0.278 e. The van der Waals surface area contributed by atoms with E-state index < -0.39 is 0 Å². The molecule has 0 N–H and O–H groups in total.